The lowest BCUT2D eigenvalue weighted by Gasteiger charge is -2.00. The van der Waals surface area contributed by atoms with E-state index in [0.717, 1.165) is 0 Å². The molecule has 0 heterocycles. The molecule has 15 heavy (non-hydrogen) atoms. The predicted octanol–water partition coefficient (Wildman–Crippen LogP) is 1.87. The van der Waals surface area contributed by atoms with Crippen LogP contribution in [0.4, 0.5) is 0 Å². The standard InChI is InChI=1S/C11H9ClO3/c1-14-9-5-3-8(10(12)7-9)4-6-11(13)15-2/h3,5,7H,1-2H3. The van der Waals surface area contributed by atoms with E-state index in [1.807, 2.05) is 0 Å². The summed E-state index contributed by atoms with van der Waals surface area (Å²) in [5, 5.41) is 0.436. The van der Waals surface area contributed by atoms with Gasteiger partial charge in [-0.25, -0.2) is 4.79 Å². The largest absolute Gasteiger partial charge is 0.497 e. The molecular formula is C11H9ClO3. The van der Waals surface area contributed by atoms with Gasteiger partial charge in [-0.05, 0) is 18.2 Å². The molecule has 1 aromatic carbocycles. The topological polar surface area (TPSA) is 35.5 Å². The number of halogens is 1. The van der Waals surface area contributed by atoms with Crippen LogP contribution in [0.5, 0.6) is 5.75 Å². The molecule has 0 saturated carbocycles. The second kappa shape index (κ2) is 5.28. The van der Waals surface area contributed by atoms with Gasteiger partial charge in [0.2, 0.25) is 0 Å². The van der Waals surface area contributed by atoms with Crippen LogP contribution in [0, 0.1) is 11.8 Å². The van der Waals surface area contributed by atoms with Crippen LogP contribution in [0.3, 0.4) is 0 Å². The summed E-state index contributed by atoms with van der Waals surface area (Å²) in [6, 6.07) is 5.02. The molecule has 0 aliphatic carbocycles. The lowest BCUT2D eigenvalue weighted by atomic mass is 10.2. The molecule has 0 radical (unpaired) electrons. The third kappa shape index (κ3) is 3.19. The van der Waals surface area contributed by atoms with Crippen molar-refractivity contribution in [1.82, 2.24) is 0 Å². The van der Waals surface area contributed by atoms with Gasteiger partial charge in [0.15, 0.2) is 0 Å². The van der Waals surface area contributed by atoms with Gasteiger partial charge in [-0.1, -0.05) is 17.5 Å². The van der Waals surface area contributed by atoms with E-state index >= 15 is 0 Å². The highest BCUT2D eigenvalue weighted by Crippen LogP contribution is 2.21. The average molecular weight is 225 g/mol. The highest BCUT2D eigenvalue weighted by atomic mass is 35.5. The van der Waals surface area contributed by atoms with Crippen LogP contribution in [-0.2, 0) is 9.53 Å². The maximum absolute atomic E-state index is 10.8. The number of methoxy groups -OCH3 is 2. The van der Waals surface area contributed by atoms with Gasteiger partial charge in [-0.15, -0.1) is 0 Å². The van der Waals surface area contributed by atoms with Crippen molar-refractivity contribution in [3.8, 4) is 17.6 Å². The first-order valence-electron chi connectivity index (χ1n) is 4.11. The van der Waals surface area contributed by atoms with E-state index in [0.29, 0.717) is 16.3 Å². The Bertz CT molecular complexity index is 429. The molecule has 0 amide bonds. The van der Waals surface area contributed by atoms with E-state index in [4.69, 9.17) is 16.3 Å². The molecule has 0 aliphatic heterocycles. The summed E-state index contributed by atoms with van der Waals surface area (Å²) in [7, 11) is 2.82. The SMILES string of the molecule is COC(=O)C#Cc1ccc(OC)cc1Cl. The second-order valence-corrected chi connectivity index (χ2v) is 2.99. The zero-order valence-electron chi connectivity index (χ0n) is 8.33. The summed E-state index contributed by atoms with van der Waals surface area (Å²) in [5.41, 5.74) is 0.558. The van der Waals surface area contributed by atoms with E-state index in [1.165, 1.54) is 7.11 Å². The first-order valence-corrected chi connectivity index (χ1v) is 4.48. The number of carbonyl (C=O) groups is 1. The van der Waals surface area contributed by atoms with Crippen LogP contribution in [0.2, 0.25) is 5.02 Å². The Morgan fingerprint density at radius 2 is 2.13 bits per heavy atom. The molecular weight excluding hydrogens is 216 g/mol. The lowest BCUT2D eigenvalue weighted by molar-refractivity contribution is -0.133. The molecule has 0 spiro atoms. The molecule has 0 fully saturated rings. The fourth-order valence-corrected chi connectivity index (χ4v) is 1.11. The minimum absolute atomic E-state index is 0.436. The molecule has 4 heteroatoms. The number of hydrogen-bond donors (Lipinski definition) is 0. The summed E-state index contributed by atoms with van der Waals surface area (Å²) in [5.74, 6) is 4.94. The van der Waals surface area contributed by atoms with Crippen molar-refractivity contribution in [3.05, 3.63) is 28.8 Å². The molecule has 0 saturated heterocycles. The van der Waals surface area contributed by atoms with E-state index in [2.05, 4.69) is 16.6 Å². The van der Waals surface area contributed by atoms with E-state index < -0.39 is 5.97 Å². The quantitative estimate of drug-likeness (QED) is 0.540. The predicted molar refractivity (Wildman–Crippen MR) is 56.9 cm³/mol. The van der Waals surface area contributed by atoms with Crippen molar-refractivity contribution < 1.29 is 14.3 Å². The van der Waals surface area contributed by atoms with Crippen molar-refractivity contribution in [2.24, 2.45) is 0 Å². The van der Waals surface area contributed by atoms with Crippen molar-refractivity contribution >= 4 is 17.6 Å². The average Bonchev–Trinajstić information content (AvgIpc) is 2.26. The van der Waals surface area contributed by atoms with Crippen molar-refractivity contribution in [2.45, 2.75) is 0 Å². The lowest BCUT2D eigenvalue weighted by Crippen LogP contribution is -1.94. The van der Waals surface area contributed by atoms with Crippen LogP contribution in [-0.4, -0.2) is 20.2 Å². The Balaban J connectivity index is 2.95. The van der Waals surface area contributed by atoms with Gasteiger partial charge in [0.05, 0.1) is 19.2 Å². The summed E-state index contributed by atoms with van der Waals surface area (Å²) in [6.07, 6.45) is 0. The van der Waals surface area contributed by atoms with Gasteiger partial charge in [-0.3, -0.25) is 0 Å². The van der Waals surface area contributed by atoms with Crippen LogP contribution >= 0.6 is 11.6 Å². The minimum Gasteiger partial charge on any atom is -0.497 e. The van der Waals surface area contributed by atoms with E-state index in [1.54, 1.807) is 25.3 Å². The summed E-state index contributed by atoms with van der Waals surface area (Å²) in [4.78, 5) is 10.8. The first kappa shape index (κ1) is 11.4. The molecule has 0 bridgehead atoms. The number of benzene rings is 1. The fourth-order valence-electron chi connectivity index (χ4n) is 0.894. The maximum atomic E-state index is 10.8. The van der Waals surface area contributed by atoms with Gasteiger partial charge in [0, 0.05) is 11.5 Å². The smallest absolute Gasteiger partial charge is 0.384 e. The van der Waals surface area contributed by atoms with Crippen LogP contribution in [0.25, 0.3) is 0 Å². The zero-order valence-corrected chi connectivity index (χ0v) is 9.09. The van der Waals surface area contributed by atoms with Gasteiger partial charge in [-0.2, -0.15) is 0 Å². The summed E-state index contributed by atoms with van der Waals surface area (Å²) < 4.78 is 9.35. The zero-order chi connectivity index (χ0) is 11.3. The summed E-state index contributed by atoms with van der Waals surface area (Å²) >= 11 is 5.90. The molecule has 1 rings (SSSR count). The van der Waals surface area contributed by atoms with Gasteiger partial charge in [0.25, 0.3) is 0 Å². The first-order chi connectivity index (χ1) is 7.17. The molecule has 0 aromatic heterocycles. The highest BCUT2D eigenvalue weighted by molar-refractivity contribution is 6.31. The van der Waals surface area contributed by atoms with Crippen molar-refractivity contribution in [3.63, 3.8) is 0 Å². The number of carbonyl (C=O) groups excluding carboxylic acids is 1. The summed E-state index contributed by atoms with van der Waals surface area (Å²) in [6.45, 7) is 0. The molecule has 1 aromatic rings. The third-order valence-electron chi connectivity index (χ3n) is 1.66. The van der Waals surface area contributed by atoms with E-state index in [-0.39, 0.29) is 0 Å². The third-order valence-corrected chi connectivity index (χ3v) is 1.97. The molecule has 0 N–H and O–H groups in total. The molecule has 0 unspecified atom stereocenters. The number of hydrogen-bond acceptors (Lipinski definition) is 3. The molecule has 0 aliphatic rings. The maximum Gasteiger partial charge on any atom is 0.384 e. The molecule has 3 nitrogen and oxygen atoms in total. The van der Waals surface area contributed by atoms with Crippen molar-refractivity contribution in [2.75, 3.05) is 14.2 Å². The Hall–Kier alpha value is -1.66. The normalized spacial score (nSPS) is 8.73. The number of ether oxygens (including phenoxy) is 2. The Morgan fingerprint density at radius 1 is 1.40 bits per heavy atom. The molecule has 0 atom stereocenters. The van der Waals surface area contributed by atoms with Gasteiger partial charge >= 0.3 is 5.97 Å². The van der Waals surface area contributed by atoms with Crippen LogP contribution < -0.4 is 4.74 Å². The Kier molecular flexibility index (Phi) is 4.02. The van der Waals surface area contributed by atoms with Gasteiger partial charge < -0.3 is 9.47 Å². The molecule has 78 valence electrons. The number of rotatable bonds is 1. The monoisotopic (exact) mass is 224 g/mol. The van der Waals surface area contributed by atoms with E-state index in [9.17, 15) is 4.79 Å². The second-order valence-electron chi connectivity index (χ2n) is 2.59. The Labute approximate surface area is 92.9 Å². The Morgan fingerprint density at radius 3 is 2.67 bits per heavy atom. The van der Waals surface area contributed by atoms with Gasteiger partial charge in [0.1, 0.15) is 5.75 Å². The fraction of sp³-hybridized carbons (Fsp3) is 0.182. The minimum atomic E-state index is -0.595. The van der Waals surface area contributed by atoms with Crippen molar-refractivity contribution in [1.29, 1.82) is 0 Å². The van der Waals surface area contributed by atoms with Crippen LogP contribution in [0.15, 0.2) is 18.2 Å². The highest BCUT2D eigenvalue weighted by Gasteiger charge is 1.99. The van der Waals surface area contributed by atoms with Crippen LogP contribution in [0.1, 0.15) is 5.56 Å². The number of esters is 1.